The van der Waals surface area contributed by atoms with Crippen molar-refractivity contribution >= 4 is 17.7 Å². The standard InChI is InChI=1S/C20H27N3O2S/c1-13-8-6-10-17(15(13)3)21-18(24)11-26-12-19-22-20(23-25-19)16-9-5-4-7-14(16)2/h4-5,7,9,13,15,17H,6,8,10-12H2,1-3H3,(H,21,24)/t13-,15+,17+/m0/s1. The summed E-state index contributed by atoms with van der Waals surface area (Å²) in [5.74, 6) is 3.45. The quantitative estimate of drug-likeness (QED) is 0.821. The maximum absolute atomic E-state index is 12.2. The zero-order chi connectivity index (χ0) is 18.5. The van der Waals surface area contributed by atoms with Crippen molar-refractivity contribution in [2.75, 3.05) is 5.75 Å². The first kappa shape index (κ1) is 19.0. The average molecular weight is 374 g/mol. The second-order valence-corrected chi connectivity index (χ2v) is 8.25. The molecule has 140 valence electrons. The van der Waals surface area contributed by atoms with Crippen molar-refractivity contribution in [3.8, 4) is 11.4 Å². The Labute approximate surface area is 159 Å². The SMILES string of the molecule is Cc1ccccc1-c1noc(CSCC(=O)N[C@@H]2CCC[C@H](C)[C@H]2C)n1. The first-order valence-corrected chi connectivity index (χ1v) is 10.5. The summed E-state index contributed by atoms with van der Waals surface area (Å²) in [5, 5.41) is 7.25. The summed E-state index contributed by atoms with van der Waals surface area (Å²) in [6, 6.07) is 8.27. The molecule has 2 aromatic rings. The van der Waals surface area contributed by atoms with Crippen LogP contribution in [0.4, 0.5) is 0 Å². The van der Waals surface area contributed by atoms with Crippen molar-refractivity contribution in [2.24, 2.45) is 11.8 Å². The molecule has 1 N–H and O–H groups in total. The number of nitrogens with zero attached hydrogens (tertiary/aromatic N) is 2. The van der Waals surface area contributed by atoms with E-state index in [1.165, 1.54) is 24.6 Å². The molecule has 3 atom stereocenters. The highest BCUT2D eigenvalue weighted by molar-refractivity contribution is 7.99. The van der Waals surface area contributed by atoms with E-state index in [2.05, 4.69) is 29.3 Å². The predicted molar refractivity (Wildman–Crippen MR) is 105 cm³/mol. The third-order valence-electron chi connectivity index (χ3n) is 5.37. The van der Waals surface area contributed by atoms with Crippen molar-refractivity contribution in [2.45, 2.75) is 51.8 Å². The number of carbonyl (C=O) groups excluding carboxylic acids is 1. The Morgan fingerprint density at radius 1 is 1.31 bits per heavy atom. The highest BCUT2D eigenvalue weighted by Gasteiger charge is 2.28. The van der Waals surface area contributed by atoms with Gasteiger partial charge in [-0.15, -0.1) is 11.8 Å². The summed E-state index contributed by atoms with van der Waals surface area (Å²) < 4.78 is 5.32. The maximum Gasteiger partial charge on any atom is 0.236 e. The third-order valence-corrected chi connectivity index (χ3v) is 6.28. The summed E-state index contributed by atoms with van der Waals surface area (Å²) in [5.41, 5.74) is 2.09. The van der Waals surface area contributed by atoms with Crippen LogP contribution in [0.1, 0.15) is 44.6 Å². The van der Waals surface area contributed by atoms with Crippen molar-refractivity contribution in [1.29, 1.82) is 0 Å². The molecule has 1 aromatic heterocycles. The van der Waals surface area contributed by atoms with Crippen LogP contribution < -0.4 is 5.32 Å². The molecule has 0 unspecified atom stereocenters. The van der Waals surface area contributed by atoms with E-state index in [0.717, 1.165) is 17.5 Å². The molecular weight excluding hydrogens is 346 g/mol. The average Bonchev–Trinajstić information content (AvgIpc) is 3.08. The van der Waals surface area contributed by atoms with Gasteiger partial charge in [-0.2, -0.15) is 4.98 Å². The van der Waals surface area contributed by atoms with E-state index in [-0.39, 0.29) is 5.91 Å². The minimum absolute atomic E-state index is 0.0968. The number of hydrogen-bond acceptors (Lipinski definition) is 5. The summed E-state index contributed by atoms with van der Waals surface area (Å²) >= 11 is 1.51. The van der Waals surface area contributed by atoms with Gasteiger partial charge in [0, 0.05) is 11.6 Å². The molecule has 0 radical (unpaired) electrons. The van der Waals surface area contributed by atoms with E-state index < -0.39 is 0 Å². The third kappa shape index (κ3) is 4.67. The summed E-state index contributed by atoms with van der Waals surface area (Å²) in [4.78, 5) is 16.7. The van der Waals surface area contributed by atoms with Gasteiger partial charge in [0.1, 0.15) is 0 Å². The smallest absolute Gasteiger partial charge is 0.236 e. The van der Waals surface area contributed by atoms with Crippen LogP contribution in [0.15, 0.2) is 28.8 Å². The largest absolute Gasteiger partial charge is 0.352 e. The van der Waals surface area contributed by atoms with Crippen LogP contribution in [-0.4, -0.2) is 27.8 Å². The maximum atomic E-state index is 12.2. The molecular formula is C20H27N3O2S. The molecule has 1 fully saturated rings. The van der Waals surface area contributed by atoms with Gasteiger partial charge < -0.3 is 9.84 Å². The van der Waals surface area contributed by atoms with Crippen molar-refractivity contribution < 1.29 is 9.32 Å². The Morgan fingerprint density at radius 3 is 2.92 bits per heavy atom. The second-order valence-electron chi connectivity index (χ2n) is 7.26. The van der Waals surface area contributed by atoms with E-state index in [1.807, 2.05) is 31.2 Å². The number of thioether (sulfide) groups is 1. The normalized spacial score (nSPS) is 23.0. The van der Waals surface area contributed by atoms with Gasteiger partial charge in [-0.05, 0) is 30.7 Å². The summed E-state index contributed by atoms with van der Waals surface area (Å²) in [6.07, 6.45) is 3.56. The second kappa shape index (κ2) is 8.71. The Bertz CT molecular complexity index is 746. The number of amides is 1. The number of carbonyl (C=O) groups is 1. The monoisotopic (exact) mass is 373 g/mol. The zero-order valence-corrected chi connectivity index (χ0v) is 16.5. The Kier molecular flexibility index (Phi) is 6.35. The number of benzene rings is 1. The number of aromatic nitrogens is 2. The summed E-state index contributed by atoms with van der Waals surface area (Å²) in [6.45, 7) is 6.55. The van der Waals surface area contributed by atoms with Gasteiger partial charge in [0.15, 0.2) is 0 Å². The number of hydrogen-bond donors (Lipinski definition) is 1. The molecule has 0 saturated heterocycles. The highest BCUT2D eigenvalue weighted by Crippen LogP contribution is 2.29. The fourth-order valence-corrected chi connectivity index (χ4v) is 4.17. The van der Waals surface area contributed by atoms with Gasteiger partial charge in [0.25, 0.3) is 0 Å². The lowest BCUT2D eigenvalue weighted by molar-refractivity contribution is -0.119. The molecule has 1 aromatic carbocycles. The minimum atomic E-state index is 0.0968. The Morgan fingerprint density at radius 2 is 2.12 bits per heavy atom. The molecule has 0 bridgehead atoms. The number of rotatable bonds is 6. The topological polar surface area (TPSA) is 68.0 Å². The van der Waals surface area contributed by atoms with Gasteiger partial charge in [-0.25, -0.2) is 0 Å². The zero-order valence-electron chi connectivity index (χ0n) is 15.7. The van der Waals surface area contributed by atoms with Crippen molar-refractivity contribution in [1.82, 2.24) is 15.5 Å². The fraction of sp³-hybridized carbons (Fsp3) is 0.550. The van der Waals surface area contributed by atoms with Gasteiger partial charge in [-0.1, -0.05) is 56.1 Å². The molecule has 1 saturated carbocycles. The minimum Gasteiger partial charge on any atom is -0.352 e. The van der Waals surface area contributed by atoms with Crippen LogP contribution in [0, 0.1) is 18.8 Å². The van der Waals surface area contributed by atoms with Crippen LogP contribution in [0.3, 0.4) is 0 Å². The van der Waals surface area contributed by atoms with E-state index in [4.69, 9.17) is 4.52 Å². The fourth-order valence-electron chi connectivity index (χ4n) is 3.51. The highest BCUT2D eigenvalue weighted by atomic mass is 32.2. The first-order chi connectivity index (χ1) is 12.5. The molecule has 26 heavy (non-hydrogen) atoms. The van der Waals surface area contributed by atoms with E-state index in [0.29, 0.717) is 41.1 Å². The van der Waals surface area contributed by atoms with Crippen LogP contribution in [0.25, 0.3) is 11.4 Å². The van der Waals surface area contributed by atoms with E-state index >= 15 is 0 Å². The van der Waals surface area contributed by atoms with Crippen LogP contribution >= 0.6 is 11.8 Å². The van der Waals surface area contributed by atoms with Crippen molar-refractivity contribution in [3.05, 3.63) is 35.7 Å². The molecule has 1 heterocycles. The molecule has 6 heteroatoms. The molecule has 0 spiro atoms. The lowest BCUT2D eigenvalue weighted by atomic mass is 9.78. The lowest BCUT2D eigenvalue weighted by Gasteiger charge is -2.34. The molecule has 3 rings (SSSR count). The van der Waals surface area contributed by atoms with E-state index in [1.54, 1.807) is 0 Å². The van der Waals surface area contributed by atoms with Gasteiger partial charge >= 0.3 is 0 Å². The van der Waals surface area contributed by atoms with Crippen LogP contribution in [0.2, 0.25) is 0 Å². The van der Waals surface area contributed by atoms with E-state index in [9.17, 15) is 4.79 Å². The van der Waals surface area contributed by atoms with Gasteiger partial charge in [-0.3, -0.25) is 4.79 Å². The number of aryl methyl sites for hydroxylation is 1. The Hall–Kier alpha value is -1.82. The molecule has 1 aliphatic carbocycles. The Balaban J connectivity index is 1.46. The molecule has 0 aliphatic heterocycles. The predicted octanol–water partition coefficient (Wildman–Crippen LogP) is 4.22. The molecule has 1 amide bonds. The first-order valence-electron chi connectivity index (χ1n) is 9.30. The molecule has 5 nitrogen and oxygen atoms in total. The van der Waals surface area contributed by atoms with Crippen LogP contribution in [0.5, 0.6) is 0 Å². The lowest BCUT2D eigenvalue weighted by Crippen LogP contribution is -2.44. The van der Waals surface area contributed by atoms with Crippen molar-refractivity contribution in [3.63, 3.8) is 0 Å². The van der Waals surface area contributed by atoms with Gasteiger partial charge in [0.2, 0.25) is 17.6 Å². The summed E-state index contributed by atoms with van der Waals surface area (Å²) in [7, 11) is 0. The molecule has 1 aliphatic rings. The van der Waals surface area contributed by atoms with Crippen LogP contribution in [-0.2, 0) is 10.5 Å². The van der Waals surface area contributed by atoms with Gasteiger partial charge in [0.05, 0.1) is 11.5 Å². The number of nitrogens with one attached hydrogen (secondary N) is 1.